The Morgan fingerprint density at radius 2 is 2.21 bits per heavy atom. The molecule has 1 amide bonds. The molecule has 1 aliphatic heterocycles. The van der Waals surface area contributed by atoms with Crippen molar-refractivity contribution >= 4 is 30.1 Å². The van der Waals surface area contributed by atoms with E-state index in [1.807, 2.05) is 17.4 Å². The zero-order chi connectivity index (χ0) is 13.8. The van der Waals surface area contributed by atoms with Gasteiger partial charge in [-0.2, -0.15) is 0 Å². The van der Waals surface area contributed by atoms with Crippen LogP contribution in [0.15, 0.2) is 23.2 Å². The van der Waals surface area contributed by atoms with Gasteiger partial charge >= 0.3 is 0 Å². The van der Waals surface area contributed by atoms with Gasteiger partial charge < -0.3 is 0 Å². The van der Waals surface area contributed by atoms with Gasteiger partial charge in [-0.05, 0) is 31.9 Å². The van der Waals surface area contributed by atoms with Gasteiger partial charge in [0.15, 0.2) is 0 Å². The van der Waals surface area contributed by atoms with Gasteiger partial charge in [0.1, 0.15) is 6.34 Å². The molecule has 0 atom stereocenters. The second kappa shape index (κ2) is 6.10. The Kier molecular flexibility index (Phi) is 4.47. The molecule has 5 heteroatoms. The van der Waals surface area contributed by atoms with Gasteiger partial charge in [-0.15, -0.1) is 0 Å². The molecule has 0 spiro atoms. The van der Waals surface area contributed by atoms with Crippen molar-refractivity contribution < 1.29 is 4.79 Å². The summed E-state index contributed by atoms with van der Waals surface area (Å²) in [5, 5.41) is 0. The van der Waals surface area contributed by atoms with Crippen LogP contribution in [0.3, 0.4) is 0 Å². The predicted molar refractivity (Wildman–Crippen MR) is 80.4 cm³/mol. The molecule has 0 bridgehead atoms. The summed E-state index contributed by atoms with van der Waals surface area (Å²) >= 11 is 1.41. The normalized spacial score (nSPS) is 15.5. The van der Waals surface area contributed by atoms with E-state index in [9.17, 15) is 4.79 Å². The molecule has 0 saturated carbocycles. The monoisotopic (exact) mass is 277 g/mol. The molecular weight excluding hydrogens is 258 g/mol. The number of aryl methyl sites for hydroxylation is 2. The average molecular weight is 277 g/mol. The van der Waals surface area contributed by atoms with Crippen LogP contribution in [-0.2, 0) is 4.79 Å². The molecule has 1 fully saturated rings. The smallest absolute Gasteiger partial charge is 0.233 e. The first kappa shape index (κ1) is 13.9. The van der Waals surface area contributed by atoms with E-state index in [1.54, 1.807) is 10.6 Å². The van der Waals surface area contributed by atoms with Gasteiger partial charge in [0.05, 0.1) is 17.8 Å². The van der Waals surface area contributed by atoms with Crippen LogP contribution in [0.25, 0.3) is 0 Å². The van der Waals surface area contributed by atoms with Crippen LogP contribution in [0.1, 0.15) is 24.0 Å². The number of benzene rings is 1. The fraction of sp³-hybridized carbons (Fsp3) is 0.429. The first-order valence-corrected chi connectivity index (χ1v) is 7.12. The van der Waals surface area contributed by atoms with E-state index in [2.05, 4.69) is 31.0 Å². The number of aliphatic imine (C=N–C) groups is 1. The molecule has 1 aliphatic rings. The molecular formula is C14H19N3OS. The molecule has 1 aromatic carbocycles. The van der Waals surface area contributed by atoms with Crippen LogP contribution in [0.5, 0.6) is 0 Å². The summed E-state index contributed by atoms with van der Waals surface area (Å²) in [4.78, 5) is 16.0. The minimum absolute atomic E-state index is 0.205. The first-order chi connectivity index (χ1) is 9.06. The lowest BCUT2D eigenvalue weighted by Gasteiger charge is -2.19. The maximum absolute atomic E-state index is 11.5. The molecule has 102 valence electrons. The Labute approximate surface area is 118 Å². The van der Waals surface area contributed by atoms with Gasteiger partial charge in [0.25, 0.3) is 0 Å². The third kappa shape index (κ3) is 3.73. The standard InChI is InChI=1S/C14H19N3OS/c1-11-6-7-13(12(2)9-11)15-10-16(3)19-17-8-4-5-14(17)18/h6-7,9-10H,4-5,8H2,1-3H3. The Bertz CT molecular complexity index is 501. The fourth-order valence-electron chi connectivity index (χ4n) is 1.98. The first-order valence-electron chi connectivity index (χ1n) is 6.39. The van der Waals surface area contributed by atoms with Crippen molar-refractivity contribution in [1.29, 1.82) is 0 Å². The summed E-state index contributed by atoms with van der Waals surface area (Å²) in [6.07, 6.45) is 3.37. The molecule has 2 rings (SSSR count). The van der Waals surface area contributed by atoms with Gasteiger partial charge in [0.2, 0.25) is 5.91 Å². The van der Waals surface area contributed by atoms with Crippen LogP contribution >= 0.6 is 12.1 Å². The maximum atomic E-state index is 11.5. The third-order valence-corrected chi connectivity index (χ3v) is 3.90. The molecule has 0 N–H and O–H groups in total. The highest BCUT2D eigenvalue weighted by atomic mass is 32.2. The number of hydrogen-bond donors (Lipinski definition) is 0. The highest BCUT2D eigenvalue weighted by molar-refractivity contribution is 7.95. The van der Waals surface area contributed by atoms with Gasteiger partial charge in [0, 0.05) is 20.0 Å². The number of hydrogen-bond acceptors (Lipinski definition) is 3. The molecule has 0 unspecified atom stereocenters. The Balaban J connectivity index is 1.95. The largest absolute Gasteiger partial charge is 0.292 e. The SMILES string of the molecule is Cc1ccc(N=CN(C)SN2CCCC2=O)c(C)c1. The van der Waals surface area contributed by atoms with Crippen LogP contribution < -0.4 is 0 Å². The molecule has 1 heterocycles. The van der Waals surface area contributed by atoms with Crippen molar-refractivity contribution in [1.82, 2.24) is 8.61 Å². The van der Waals surface area contributed by atoms with Crippen LogP contribution in [0.2, 0.25) is 0 Å². The quantitative estimate of drug-likeness (QED) is 0.482. The Morgan fingerprint density at radius 1 is 1.42 bits per heavy atom. The van der Waals surface area contributed by atoms with Crippen LogP contribution in [0.4, 0.5) is 5.69 Å². The van der Waals surface area contributed by atoms with E-state index in [-0.39, 0.29) is 5.91 Å². The van der Waals surface area contributed by atoms with E-state index < -0.39 is 0 Å². The van der Waals surface area contributed by atoms with Gasteiger partial charge in [-0.1, -0.05) is 17.7 Å². The fourth-order valence-corrected chi connectivity index (χ4v) is 2.77. The molecule has 0 radical (unpaired) electrons. The van der Waals surface area contributed by atoms with Crippen molar-refractivity contribution in [3.63, 3.8) is 0 Å². The van der Waals surface area contributed by atoms with Gasteiger partial charge in [-0.3, -0.25) is 13.4 Å². The van der Waals surface area contributed by atoms with Crippen molar-refractivity contribution in [3.05, 3.63) is 29.3 Å². The van der Waals surface area contributed by atoms with E-state index in [4.69, 9.17) is 0 Å². The molecule has 0 aliphatic carbocycles. The molecule has 1 aromatic rings. The lowest BCUT2D eigenvalue weighted by Crippen LogP contribution is -2.22. The Hall–Kier alpha value is -1.49. The maximum Gasteiger partial charge on any atom is 0.233 e. The minimum atomic E-state index is 0.205. The second-order valence-electron chi connectivity index (χ2n) is 4.76. The van der Waals surface area contributed by atoms with Gasteiger partial charge in [-0.25, -0.2) is 4.99 Å². The summed E-state index contributed by atoms with van der Waals surface area (Å²) in [5.74, 6) is 0.205. The summed E-state index contributed by atoms with van der Waals surface area (Å²) in [7, 11) is 1.91. The van der Waals surface area contributed by atoms with Crippen molar-refractivity contribution in [3.8, 4) is 0 Å². The molecule has 19 heavy (non-hydrogen) atoms. The highest BCUT2D eigenvalue weighted by Crippen LogP contribution is 2.23. The lowest BCUT2D eigenvalue weighted by molar-refractivity contribution is -0.123. The third-order valence-electron chi connectivity index (χ3n) is 2.97. The topological polar surface area (TPSA) is 35.9 Å². The van der Waals surface area contributed by atoms with Crippen LogP contribution in [-0.4, -0.2) is 34.4 Å². The van der Waals surface area contributed by atoms with E-state index in [0.29, 0.717) is 6.42 Å². The minimum Gasteiger partial charge on any atom is -0.292 e. The highest BCUT2D eigenvalue weighted by Gasteiger charge is 2.21. The van der Waals surface area contributed by atoms with E-state index >= 15 is 0 Å². The van der Waals surface area contributed by atoms with Crippen molar-refractivity contribution in [2.24, 2.45) is 4.99 Å². The molecule has 0 aromatic heterocycles. The number of carbonyl (C=O) groups is 1. The predicted octanol–water partition coefficient (Wildman–Crippen LogP) is 3.08. The lowest BCUT2D eigenvalue weighted by atomic mass is 10.1. The van der Waals surface area contributed by atoms with E-state index in [1.165, 1.54) is 17.7 Å². The summed E-state index contributed by atoms with van der Waals surface area (Å²) in [6.45, 7) is 4.95. The summed E-state index contributed by atoms with van der Waals surface area (Å²) in [5.41, 5.74) is 3.36. The van der Waals surface area contributed by atoms with E-state index in [0.717, 1.165) is 24.2 Å². The summed E-state index contributed by atoms with van der Waals surface area (Å²) < 4.78 is 3.65. The Morgan fingerprint density at radius 3 is 2.84 bits per heavy atom. The number of carbonyl (C=O) groups excluding carboxylic acids is 1. The zero-order valence-corrected chi connectivity index (χ0v) is 12.4. The van der Waals surface area contributed by atoms with Crippen molar-refractivity contribution in [2.45, 2.75) is 26.7 Å². The second-order valence-corrected chi connectivity index (χ2v) is 5.94. The summed E-state index contributed by atoms with van der Waals surface area (Å²) in [6, 6.07) is 6.18. The number of rotatable bonds is 4. The molecule has 4 nitrogen and oxygen atoms in total. The van der Waals surface area contributed by atoms with Crippen LogP contribution in [0, 0.1) is 13.8 Å². The zero-order valence-electron chi connectivity index (χ0n) is 11.6. The average Bonchev–Trinajstić information content (AvgIpc) is 2.74. The van der Waals surface area contributed by atoms with Crippen molar-refractivity contribution in [2.75, 3.05) is 13.6 Å². The molecule has 1 saturated heterocycles. The number of amides is 1. The number of nitrogens with zero attached hydrogens (tertiary/aromatic N) is 3.